The molecule has 2 aromatic rings. The zero-order valence-electron chi connectivity index (χ0n) is 17.7. The van der Waals surface area contributed by atoms with Gasteiger partial charge in [-0.25, -0.2) is 0 Å². The second-order valence-electron chi connectivity index (χ2n) is 7.98. The number of rotatable bonds is 6. The highest BCUT2D eigenvalue weighted by molar-refractivity contribution is 9.10. The minimum absolute atomic E-state index is 0.0511. The molecule has 1 amide bonds. The molecule has 1 saturated heterocycles. The predicted molar refractivity (Wildman–Crippen MR) is 123 cm³/mol. The van der Waals surface area contributed by atoms with Crippen LogP contribution in [0.3, 0.4) is 0 Å². The van der Waals surface area contributed by atoms with Crippen molar-refractivity contribution in [2.24, 2.45) is 0 Å². The fourth-order valence-corrected chi connectivity index (χ4v) is 3.86. The number of hydrogen-bond acceptors (Lipinski definition) is 5. The highest BCUT2D eigenvalue weighted by Crippen LogP contribution is 2.28. The van der Waals surface area contributed by atoms with Crippen LogP contribution in [0.25, 0.3) is 0 Å². The Kier molecular flexibility index (Phi) is 7.15. The maximum Gasteiger partial charge on any atom is 0.319 e. The maximum absolute atomic E-state index is 12.9. The number of carbonyl (C=O) groups is 2. The number of benzene rings is 2. The van der Waals surface area contributed by atoms with Gasteiger partial charge >= 0.3 is 5.97 Å². The lowest BCUT2D eigenvalue weighted by molar-refractivity contribution is -0.142. The van der Waals surface area contributed by atoms with Crippen molar-refractivity contribution >= 4 is 39.2 Å². The van der Waals surface area contributed by atoms with Crippen LogP contribution < -0.4 is 10.2 Å². The molecule has 7 heteroatoms. The van der Waals surface area contributed by atoms with E-state index >= 15 is 0 Å². The largest absolute Gasteiger partial charge is 0.468 e. The van der Waals surface area contributed by atoms with Crippen LogP contribution in [0.5, 0.6) is 0 Å². The molecule has 0 radical (unpaired) electrons. The van der Waals surface area contributed by atoms with Gasteiger partial charge in [-0.05, 0) is 55.8 Å². The maximum atomic E-state index is 12.9. The molecule has 1 fully saturated rings. The number of nitrogens with one attached hydrogen (secondary N) is 1. The number of esters is 1. The molecule has 0 atom stereocenters. The number of methoxy groups -OCH3 is 1. The molecule has 160 valence electrons. The number of piperazine rings is 1. The van der Waals surface area contributed by atoms with Gasteiger partial charge in [-0.3, -0.25) is 14.5 Å². The molecule has 0 aromatic heterocycles. The van der Waals surface area contributed by atoms with E-state index in [0.717, 1.165) is 47.6 Å². The Hall–Kier alpha value is -2.38. The van der Waals surface area contributed by atoms with E-state index in [1.165, 1.54) is 7.11 Å². The van der Waals surface area contributed by atoms with Crippen LogP contribution in [0.15, 0.2) is 53.0 Å². The summed E-state index contributed by atoms with van der Waals surface area (Å²) in [5.74, 6) is -0.251. The molecule has 30 heavy (non-hydrogen) atoms. The third-order valence-electron chi connectivity index (χ3n) is 5.56. The predicted octanol–water partition coefficient (Wildman–Crippen LogP) is 3.66. The number of carbonyl (C=O) groups excluding carboxylic acids is 2. The summed E-state index contributed by atoms with van der Waals surface area (Å²) in [5.41, 5.74) is 2.18. The Bertz CT molecular complexity index is 891. The van der Waals surface area contributed by atoms with Crippen LogP contribution >= 0.6 is 15.9 Å². The lowest BCUT2D eigenvalue weighted by atomic mass is 9.83. The second-order valence-corrected chi connectivity index (χ2v) is 8.89. The lowest BCUT2D eigenvalue weighted by Gasteiger charge is -2.35. The van der Waals surface area contributed by atoms with Gasteiger partial charge in [0, 0.05) is 42.0 Å². The van der Waals surface area contributed by atoms with E-state index in [2.05, 4.69) is 31.0 Å². The van der Waals surface area contributed by atoms with Gasteiger partial charge in [0.15, 0.2) is 0 Å². The van der Waals surface area contributed by atoms with Crippen LogP contribution in [0.4, 0.5) is 11.4 Å². The van der Waals surface area contributed by atoms with E-state index < -0.39 is 5.41 Å². The van der Waals surface area contributed by atoms with Crippen molar-refractivity contribution < 1.29 is 14.3 Å². The molecule has 0 bridgehead atoms. The van der Waals surface area contributed by atoms with Gasteiger partial charge in [0.2, 0.25) is 5.91 Å². The smallest absolute Gasteiger partial charge is 0.319 e. The number of nitrogens with zero attached hydrogens (tertiary/aromatic N) is 2. The fraction of sp³-hybridized carbons (Fsp3) is 0.391. The first-order valence-corrected chi connectivity index (χ1v) is 10.8. The van der Waals surface area contributed by atoms with Crippen molar-refractivity contribution in [2.75, 3.05) is 50.1 Å². The minimum atomic E-state index is -0.654. The Morgan fingerprint density at radius 3 is 2.33 bits per heavy atom. The molecule has 1 aliphatic heterocycles. The molecule has 2 aromatic carbocycles. The second kappa shape index (κ2) is 9.62. The van der Waals surface area contributed by atoms with Crippen molar-refractivity contribution in [3.63, 3.8) is 0 Å². The summed E-state index contributed by atoms with van der Waals surface area (Å²) in [4.78, 5) is 28.7. The zero-order valence-corrected chi connectivity index (χ0v) is 19.2. The van der Waals surface area contributed by atoms with Crippen molar-refractivity contribution in [3.8, 4) is 0 Å². The standard InChI is InChI=1S/C23H28BrN3O3/c1-23(2,17-5-4-6-18(24)15-17)22(29)25-19-7-9-20(10-8-19)27-13-11-26(12-14-27)16-21(28)30-3/h4-10,15H,11-14,16H2,1-3H3,(H,25,29). The van der Waals surface area contributed by atoms with Crippen molar-refractivity contribution in [1.29, 1.82) is 0 Å². The van der Waals surface area contributed by atoms with E-state index in [-0.39, 0.29) is 11.9 Å². The highest BCUT2D eigenvalue weighted by Gasteiger charge is 2.30. The van der Waals surface area contributed by atoms with Gasteiger partial charge in [-0.2, -0.15) is 0 Å². The van der Waals surface area contributed by atoms with Gasteiger partial charge in [0.1, 0.15) is 0 Å². The normalized spacial score (nSPS) is 15.0. The number of ether oxygens (including phenoxy) is 1. The summed E-state index contributed by atoms with van der Waals surface area (Å²) in [6.07, 6.45) is 0. The van der Waals surface area contributed by atoms with Crippen molar-refractivity contribution in [1.82, 2.24) is 4.90 Å². The van der Waals surface area contributed by atoms with E-state index in [4.69, 9.17) is 4.74 Å². The molecular formula is C23H28BrN3O3. The van der Waals surface area contributed by atoms with E-state index in [1.807, 2.05) is 62.4 Å². The van der Waals surface area contributed by atoms with Crippen LogP contribution in [-0.4, -0.2) is 56.6 Å². The van der Waals surface area contributed by atoms with Gasteiger partial charge in [-0.1, -0.05) is 28.1 Å². The summed E-state index contributed by atoms with van der Waals surface area (Å²) in [6.45, 7) is 7.50. The van der Waals surface area contributed by atoms with Gasteiger partial charge < -0.3 is 15.0 Å². The van der Waals surface area contributed by atoms with Crippen molar-refractivity contribution in [3.05, 3.63) is 58.6 Å². The number of amides is 1. The third kappa shape index (κ3) is 5.40. The fourth-order valence-electron chi connectivity index (χ4n) is 3.46. The Morgan fingerprint density at radius 1 is 1.07 bits per heavy atom. The van der Waals surface area contributed by atoms with Crippen LogP contribution in [-0.2, 0) is 19.7 Å². The van der Waals surface area contributed by atoms with E-state index in [1.54, 1.807) is 0 Å². The summed E-state index contributed by atoms with van der Waals surface area (Å²) in [6, 6.07) is 15.8. The topological polar surface area (TPSA) is 61.9 Å². The molecule has 0 unspecified atom stereocenters. The average Bonchev–Trinajstić information content (AvgIpc) is 2.74. The first-order chi connectivity index (χ1) is 14.3. The van der Waals surface area contributed by atoms with Gasteiger partial charge in [0.05, 0.1) is 19.1 Å². The van der Waals surface area contributed by atoms with Crippen LogP contribution in [0.2, 0.25) is 0 Å². The van der Waals surface area contributed by atoms with Crippen LogP contribution in [0, 0.1) is 0 Å². The number of anilines is 2. The molecule has 1 N–H and O–H groups in total. The lowest BCUT2D eigenvalue weighted by Crippen LogP contribution is -2.48. The SMILES string of the molecule is COC(=O)CN1CCN(c2ccc(NC(=O)C(C)(C)c3cccc(Br)c3)cc2)CC1. The quantitative estimate of drug-likeness (QED) is 0.648. The third-order valence-corrected chi connectivity index (χ3v) is 6.05. The molecule has 1 heterocycles. The number of halogens is 1. The van der Waals surface area contributed by atoms with E-state index in [0.29, 0.717) is 6.54 Å². The zero-order chi connectivity index (χ0) is 21.7. The molecule has 1 aliphatic rings. The molecule has 0 spiro atoms. The summed E-state index contributed by atoms with van der Waals surface area (Å²) < 4.78 is 5.69. The van der Waals surface area contributed by atoms with Gasteiger partial charge in [-0.15, -0.1) is 0 Å². The molecular weight excluding hydrogens is 446 g/mol. The monoisotopic (exact) mass is 473 g/mol. The molecule has 0 saturated carbocycles. The Balaban J connectivity index is 1.58. The molecule has 6 nitrogen and oxygen atoms in total. The summed E-state index contributed by atoms with van der Waals surface area (Å²) >= 11 is 3.47. The Labute approximate surface area is 186 Å². The minimum Gasteiger partial charge on any atom is -0.468 e. The molecule has 3 rings (SSSR count). The number of hydrogen-bond donors (Lipinski definition) is 1. The van der Waals surface area contributed by atoms with E-state index in [9.17, 15) is 9.59 Å². The summed E-state index contributed by atoms with van der Waals surface area (Å²) in [5, 5.41) is 3.03. The average molecular weight is 474 g/mol. The van der Waals surface area contributed by atoms with Crippen molar-refractivity contribution in [2.45, 2.75) is 19.3 Å². The first-order valence-electron chi connectivity index (χ1n) is 10.0. The Morgan fingerprint density at radius 2 is 1.73 bits per heavy atom. The van der Waals surface area contributed by atoms with Crippen LogP contribution in [0.1, 0.15) is 19.4 Å². The summed E-state index contributed by atoms with van der Waals surface area (Å²) in [7, 11) is 1.42. The highest BCUT2D eigenvalue weighted by atomic mass is 79.9. The van der Waals surface area contributed by atoms with Gasteiger partial charge in [0.25, 0.3) is 0 Å². The molecule has 0 aliphatic carbocycles. The first kappa shape index (κ1) is 22.3.